The second-order valence-electron chi connectivity index (χ2n) is 6.62. The zero-order valence-corrected chi connectivity index (χ0v) is 14.0. The Bertz CT molecular complexity index is 695. The van der Waals surface area contributed by atoms with Crippen molar-refractivity contribution >= 4 is 5.91 Å². The molecule has 1 amide bonds. The molecule has 1 aliphatic rings. The molecular formula is C20H24FN2O+. The number of halogens is 1. The van der Waals surface area contributed by atoms with E-state index >= 15 is 0 Å². The molecule has 2 aromatic carbocycles. The summed E-state index contributed by atoms with van der Waals surface area (Å²) in [4.78, 5) is 13.6. The molecule has 1 unspecified atom stereocenters. The summed E-state index contributed by atoms with van der Waals surface area (Å²) in [5.74, 6) is -0.148. The summed E-state index contributed by atoms with van der Waals surface area (Å²) in [5.41, 5.74) is 3.41. The number of carbonyl (C=O) groups is 1. The highest BCUT2D eigenvalue weighted by Crippen LogP contribution is 2.16. The fourth-order valence-electron chi connectivity index (χ4n) is 2.98. The number of amides is 1. The lowest BCUT2D eigenvalue weighted by molar-refractivity contribution is -0.917. The SMILES string of the molecule is Cc1ccccc1CNC(=O)C[NH+](Cc1ccc(F)cc1)C1CC1. The van der Waals surface area contributed by atoms with Gasteiger partial charge in [-0.2, -0.15) is 0 Å². The molecule has 1 aliphatic carbocycles. The van der Waals surface area contributed by atoms with E-state index in [9.17, 15) is 9.18 Å². The number of hydrogen-bond donors (Lipinski definition) is 2. The van der Waals surface area contributed by atoms with Crippen LogP contribution in [-0.4, -0.2) is 18.5 Å². The van der Waals surface area contributed by atoms with Gasteiger partial charge in [-0.1, -0.05) is 36.4 Å². The van der Waals surface area contributed by atoms with Crippen LogP contribution in [0.2, 0.25) is 0 Å². The third kappa shape index (κ3) is 4.65. The van der Waals surface area contributed by atoms with Gasteiger partial charge in [0.2, 0.25) is 0 Å². The number of hydrogen-bond acceptors (Lipinski definition) is 1. The van der Waals surface area contributed by atoms with Gasteiger partial charge in [0, 0.05) is 24.9 Å². The molecule has 1 fully saturated rings. The summed E-state index contributed by atoms with van der Waals surface area (Å²) in [6.45, 7) is 3.86. The summed E-state index contributed by atoms with van der Waals surface area (Å²) in [6.07, 6.45) is 2.34. The van der Waals surface area contributed by atoms with Gasteiger partial charge < -0.3 is 10.2 Å². The zero-order valence-electron chi connectivity index (χ0n) is 14.0. The van der Waals surface area contributed by atoms with E-state index in [0.717, 1.165) is 17.7 Å². The largest absolute Gasteiger partial charge is 0.347 e. The number of nitrogens with one attached hydrogen (secondary N) is 2. The molecule has 0 bridgehead atoms. The average Bonchev–Trinajstić information content (AvgIpc) is 3.40. The predicted molar refractivity (Wildman–Crippen MR) is 92.0 cm³/mol. The normalized spacial score (nSPS) is 15.1. The minimum absolute atomic E-state index is 0.0715. The number of benzene rings is 2. The minimum atomic E-state index is -0.220. The molecule has 0 saturated heterocycles. The van der Waals surface area contributed by atoms with E-state index in [1.165, 1.54) is 35.4 Å². The van der Waals surface area contributed by atoms with Crippen molar-refractivity contribution in [3.8, 4) is 0 Å². The quantitative estimate of drug-likeness (QED) is 0.801. The second-order valence-corrected chi connectivity index (χ2v) is 6.62. The Morgan fingerprint density at radius 1 is 1.17 bits per heavy atom. The monoisotopic (exact) mass is 327 g/mol. The van der Waals surface area contributed by atoms with Crippen LogP contribution >= 0.6 is 0 Å². The summed E-state index contributed by atoms with van der Waals surface area (Å²) < 4.78 is 13.0. The van der Waals surface area contributed by atoms with Crippen LogP contribution in [0.25, 0.3) is 0 Å². The first-order valence-electron chi connectivity index (χ1n) is 8.52. The lowest BCUT2D eigenvalue weighted by Gasteiger charge is -2.19. The molecule has 2 N–H and O–H groups in total. The van der Waals surface area contributed by atoms with Crippen LogP contribution in [0, 0.1) is 12.7 Å². The van der Waals surface area contributed by atoms with Crippen molar-refractivity contribution in [1.82, 2.24) is 5.32 Å². The maximum absolute atomic E-state index is 13.0. The highest BCUT2D eigenvalue weighted by molar-refractivity contribution is 5.76. The van der Waals surface area contributed by atoms with E-state index in [-0.39, 0.29) is 11.7 Å². The van der Waals surface area contributed by atoms with Gasteiger partial charge in [-0.25, -0.2) is 4.39 Å². The van der Waals surface area contributed by atoms with Crippen molar-refractivity contribution in [2.45, 2.75) is 38.9 Å². The fraction of sp³-hybridized carbons (Fsp3) is 0.350. The molecule has 0 heterocycles. The van der Waals surface area contributed by atoms with Crippen molar-refractivity contribution in [3.63, 3.8) is 0 Å². The van der Waals surface area contributed by atoms with Crippen LogP contribution < -0.4 is 10.2 Å². The van der Waals surface area contributed by atoms with E-state index in [2.05, 4.69) is 18.3 Å². The highest BCUT2D eigenvalue weighted by atomic mass is 19.1. The molecule has 1 atom stereocenters. The first-order valence-corrected chi connectivity index (χ1v) is 8.52. The summed E-state index contributed by atoms with van der Waals surface area (Å²) in [7, 11) is 0. The molecule has 1 saturated carbocycles. The van der Waals surface area contributed by atoms with E-state index in [0.29, 0.717) is 19.1 Å². The minimum Gasteiger partial charge on any atom is -0.347 e. The van der Waals surface area contributed by atoms with Crippen LogP contribution in [0.3, 0.4) is 0 Å². The Morgan fingerprint density at radius 2 is 1.88 bits per heavy atom. The second kappa shape index (κ2) is 7.58. The third-order valence-corrected chi connectivity index (χ3v) is 4.62. The average molecular weight is 327 g/mol. The molecule has 3 rings (SSSR count). The zero-order chi connectivity index (χ0) is 16.9. The van der Waals surface area contributed by atoms with Crippen molar-refractivity contribution < 1.29 is 14.1 Å². The molecule has 4 heteroatoms. The summed E-state index contributed by atoms with van der Waals surface area (Å²) in [6, 6.07) is 15.2. The van der Waals surface area contributed by atoms with Crippen molar-refractivity contribution in [3.05, 3.63) is 71.0 Å². The van der Waals surface area contributed by atoms with Crippen molar-refractivity contribution in [2.24, 2.45) is 0 Å². The van der Waals surface area contributed by atoms with E-state index < -0.39 is 0 Å². The maximum atomic E-state index is 13.0. The van der Waals surface area contributed by atoms with E-state index in [1.54, 1.807) is 0 Å². The maximum Gasteiger partial charge on any atom is 0.275 e. The number of quaternary nitrogens is 1. The van der Waals surface area contributed by atoms with Gasteiger partial charge in [-0.3, -0.25) is 4.79 Å². The summed E-state index contributed by atoms with van der Waals surface area (Å²) >= 11 is 0. The van der Waals surface area contributed by atoms with Crippen LogP contribution in [0.15, 0.2) is 48.5 Å². The van der Waals surface area contributed by atoms with E-state index in [1.807, 2.05) is 30.3 Å². The number of aryl methyl sites for hydroxylation is 1. The van der Waals surface area contributed by atoms with Gasteiger partial charge in [0.05, 0.1) is 6.04 Å². The van der Waals surface area contributed by atoms with Crippen LogP contribution in [0.1, 0.15) is 29.5 Å². The van der Waals surface area contributed by atoms with Gasteiger partial charge in [0.15, 0.2) is 6.54 Å². The standard InChI is InChI=1S/C20H23FN2O/c1-15-4-2-3-5-17(15)12-22-20(24)14-23(19-10-11-19)13-16-6-8-18(21)9-7-16/h2-9,19H,10-14H2,1H3,(H,22,24)/p+1. The number of rotatable bonds is 7. The van der Waals surface area contributed by atoms with Crippen molar-refractivity contribution in [2.75, 3.05) is 6.54 Å². The Labute approximate surface area is 142 Å². The van der Waals surface area contributed by atoms with Gasteiger partial charge in [-0.05, 0) is 30.2 Å². The molecule has 0 spiro atoms. The van der Waals surface area contributed by atoms with Gasteiger partial charge >= 0.3 is 0 Å². The van der Waals surface area contributed by atoms with Crippen molar-refractivity contribution in [1.29, 1.82) is 0 Å². The topological polar surface area (TPSA) is 33.5 Å². The molecule has 0 aliphatic heterocycles. The molecular weight excluding hydrogens is 303 g/mol. The third-order valence-electron chi connectivity index (χ3n) is 4.62. The Kier molecular flexibility index (Phi) is 5.26. The summed E-state index contributed by atoms with van der Waals surface area (Å²) in [5, 5.41) is 3.03. The lowest BCUT2D eigenvalue weighted by Crippen LogP contribution is -3.13. The predicted octanol–water partition coefficient (Wildman–Crippen LogP) is 2.00. The van der Waals surface area contributed by atoms with Gasteiger partial charge in [0.1, 0.15) is 12.4 Å². The Hall–Kier alpha value is -2.20. The molecule has 2 aromatic rings. The lowest BCUT2D eigenvalue weighted by atomic mass is 10.1. The van der Waals surface area contributed by atoms with Gasteiger partial charge in [0.25, 0.3) is 5.91 Å². The van der Waals surface area contributed by atoms with E-state index in [4.69, 9.17) is 0 Å². The Morgan fingerprint density at radius 3 is 2.54 bits per heavy atom. The molecule has 3 nitrogen and oxygen atoms in total. The molecule has 24 heavy (non-hydrogen) atoms. The van der Waals surface area contributed by atoms with Crippen LogP contribution in [-0.2, 0) is 17.9 Å². The smallest absolute Gasteiger partial charge is 0.275 e. The fourth-order valence-corrected chi connectivity index (χ4v) is 2.98. The molecule has 126 valence electrons. The first kappa shape index (κ1) is 16.7. The molecule has 0 radical (unpaired) electrons. The van der Waals surface area contributed by atoms with Gasteiger partial charge in [-0.15, -0.1) is 0 Å². The highest BCUT2D eigenvalue weighted by Gasteiger charge is 2.34. The molecule has 0 aromatic heterocycles. The Balaban J connectivity index is 1.54. The van der Waals surface area contributed by atoms with Crippen LogP contribution in [0.5, 0.6) is 0 Å². The first-order chi connectivity index (χ1) is 11.6. The number of carbonyl (C=O) groups excluding carboxylic acids is 1. The van der Waals surface area contributed by atoms with Crippen LogP contribution in [0.4, 0.5) is 4.39 Å².